The van der Waals surface area contributed by atoms with Gasteiger partial charge in [0.05, 0.1) is 22.6 Å². The fourth-order valence-electron chi connectivity index (χ4n) is 4.55. The van der Waals surface area contributed by atoms with E-state index in [0.29, 0.717) is 28.9 Å². The lowest BCUT2D eigenvalue weighted by atomic mass is 10.0. The number of benzene rings is 1. The molecule has 2 aromatic heterocycles. The molecular formula is C22H21ClFN5O3. The number of pyridine rings is 1. The number of carbonyl (C=O) groups is 1. The largest absolute Gasteiger partial charge is 0.476 e. The van der Waals surface area contributed by atoms with E-state index in [9.17, 15) is 19.1 Å². The number of nitrogens with zero attached hydrogens (tertiary/aromatic N) is 4. The third-order valence-corrected chi connectivity index (χ3v) is 6.53. The van der Waals surface area contributed by atoms with Crippen molar-refractivity contribution in [2.45, 2.75) is 19.4 Å². The number of hydrogen-bond donors (Lipinski definition) is 2. The summed E-state index contributed by atoms with van der Waals surface area (Å²) in [5.41, 5.74) is 0.512. The number of anilines is 2. The molecule has 3 atom stereocenters. The Morgan fingerprint density at radius 2 is 2.00 bits per heavy atom. The van der Waals surface area contributed by atoms with Gasteiger partial charge in [-0.1, -0.05) is 11.6 Å². The highest BCUT2D eigenvalue weighted by Crippen LogP contribution is 2.46. The second kappa shape index (κ2) is 7.44. The molecule has 32 heavy (non-hydrogen) atoms. The van der Waals surface area contributed by atoms with Crippen molar-refractivity contribution in [3.8, 4) is 0 Å². The fourth-order valence-corrected chi connectivity index (χ4v) is 4.70. The van der Waals surface area contributed by atoms with Crippen LogP contribution in [0.2, 0.25) is 5.15 Å². The zero-order chi connectivity index (χ0) is 22.7. The Kier molecular flexibility index (Phi) is 4.81. The van der Waals surface area contributed by atoms with Gasteiger partial charge in [0.25, 0.3) is 5.56 Å². The standard InChI is InChI=1S/C22H21ClFN5O3/c1-10(25-16-3-4-17(23)26-19(16)21(31)32)14-6-13(24)7-15-18(14)27-22(28(2)20(15)30)29-8-11-5-12(11)9-29/h3-4,6-7,10-12,25H,5,8-9H2,1-2H3,(H,31,32)/t10-,11?,12?/m0/s1. The third kappa shape index (κ3) is 3.46. The second-order valence-corrected chi connectivity index (χ2v) is 8.92. The van der Waals surface area contributed by atoms with Crippen molar-refractivity contribution >= 4 is 40.1 Å². The summed E-state index contributed by atoms with van der Waals surface area (Å²) in [6.45, 7) is 3.47. The first-order valence-corrected chi connectivity index (χ1v) is 10.7. The quantitative estimate of drug-likeness (QED) is 0.566. The highest BCUT2D eigenvalue weighted by molar-refractivity contribution is 6.29. The summed E-state index contributed by atoms with van der Waals surface area (Å²) < 4.78 is 16.0. The summed E-state index contributed by atoms with van der Waals surface area (Å²) in [6.07, 6.45) is 1.22. The Morgan fingerprint density at radius 3 is 2.69 bits per heavy atom. The molecule has 0 radical (unpaired) electrons. The van der Waals surface area contributed by atoms with Gasteiger partial charge in [0.2, 0.25) is 5.95 Å². The van der Waals surface area contributed by atoms with E-state index in [1.54, 1.807) is 14.0 Å². The first-order valence-electron chi connectivity index (χ1n) is 10.3. The Bertz CT molecular complexity index is 1320. The van der Waals surface area contributed by atoms with Crippen molar-refractivity contribution < 1.29 is 14.3 Å². The molecule has 0 spiro atoms. The van der Waals surface area contributed by atoms with Crippen LogP contribution in [0.1, 0.15) is 35.4 Å². The summed E-state index contributed by atoms with van der Waals surface area (Å²) in [5, 5.41) is 12.7. The molecule has 3 aromatic rings. The van der Waals surface area contributed by atoms with Crippen LogP contribution in [-0.4, -0.2) is 38.7 Å². The molecule has 1 aliphatic heterocycles. The number of aromatic nitrogens is 3. The minimum atomic E-state index is -1.24. The highest BCUT2D eigenvalue weighted by Gasteiger charge is 2.46. The Morgan fingerprint density at radius 1 is 1.28 bits per heavy atom. The molecule has 1 aromatic carbocycles. The number of aromatic carboxylic acids is 1. The van der Waals surface area contributed by atoms with E-state index in [1.807, 2.05) is 0 Å². The van der Waals surface area contributed by atoms with Crippen molar-refractivity contribution in [3.05, 3.63) is 56.8 Å². The van der Waals surface area contributed by atoms with Crippen LogP contribution in [0.4, 0.5) is 16.0 Å². The van der Waals surface area contributed by atoms with E-state index >= 15 is 0 Å². The van der Waals surface area contributed by atoms with Gasteiger partial charge in [0.15, 0.2) is 5.69 Å². The average Bonchev–Trinajstić information content (AvgIpc) is 3.36. The normalized spacial score (nSPS) is 20.3. The van der Waals surface area contributed by atoms with Gasteiger partial charge in [0.1, 0.15) is 11.0 Å². The van der Waals surface area contributed by atoms with Gasteiger partial charge >= 0.3 is 5.97 Å². The molecule has 0 amide bonds. The SMILES string of the molecule is C[C@H](Nc1ccc(Cl)nc1C(=O)O)c1cc(F)cc2c(=O)n(C)c(N3CC4CC4C3)nc12. The minimum Gasteiger partial charge on any atom is -0.476 e. The number of hydrogen-bond acceptors (Lipinski definition) is 6. The van der Waals surface area contributed by atoms with Crippen molar-refractivity contribution in [2.75, 3.05) is 23.3 Å². The third-order valence-electron chi connectivity index (χ3n) is 6.32. The van der Waals surface area contributed by atoms with Crippen LogP contribution in [0.5, 0.6) is 0 Å². The number of halogens is 2. The lowest BCUT2D eigenvalue weighted by Gasteiger charge is -2.23. The summed E-state index contributed by atoms with van der Waals surface area (Å²) in [7, 11) is 1.65. The number of rotatable bonds is 5. The van der Waals surface area contributed by atoms with E-state index in [-0.39, 0.29) is 27.5 Å². The van der Waals surface area contributed by atoms with Crippen LogP contribution in [0.15, 0.2) is 29.1 Å². The molecule has 2 aliphatic rings. The number of carboxylic acid groups (broad SMARTS) is 1. The molecule has 166 valence electrons. The topological polar surface area (TPSA) is 100 Å². The van der Waals surface area contributed by atoms with Gasteiger partial charge in [0, 0.05) is 25.7 Å². The van der Waals surface area contributed by atoms with Crippen LogP contribution >= 0.6 is 11.6 Å². The van der Waals surface area contributed by atoms with Crippen LogP contribution < -0.4 is 15.8 Å². The summed E-state index contributed by atoms with van der Waals surface area (Å²) in [6, 6.07) is 4.93. The van der Waals surface area contributed by atoms with Gasteiger partial charge < -0.3 is 15.3 Å². The van der Waals surface area contributed by atoms with E-state index in [1.165, 1.54) is 35.3 Å². The number of piperidine rings is 1. The van der Waals surface area contributed by atoms with E-state index < -0.39 is 17.8 Å². The molecule has 8 nitrogen and oxygen atoms in total. The summed E-state index contributed by atoms with van der Waals surface area (Å²) >= 11 is 5.83. The Balaban J connectivity index is 1.60. The van der Waals surface area contributed by atoms with E-state index in [0.717, 1.165) is 13.1 Å². The molecule has 1 saturated heterocycles. The van der Waals surface area contributed by atoms with Crippen LogP contribution in [0.25, 0.3) is 10.9 Å². The molecule has 2 unspecified atom stereocenters. The predicted molar refractivity (Wildman–Crippen MR) is 119 cm³/mol. The first-order chi connectivity index (χ1) is 15.2. The number of carboxylic acids is 1. The number of fused-ring (bicyclic) bond motifs is 2. The minimum absolute atomic E-state index is 0.0512. The molecule has 5 rings (SSSR count). The molecule has 10 heteroatoms. The number of nitrogens with one attached hydrogen (secondary N) is 1. The van der Waals surface area contributed by atoms with Crippen molar-refractivity contribution in [3.63, 3.8) is 0 Å². The maximum Gasteiger partial charge on any atom is 0.356 e. The average molecular weight is 458 g/mol. The Labute approximate surface area is 187 Å². The smallest absolute Gasteiger partial charge is 0.356 e. The molecular weight excluding hydrogens is 437 g/mol. The molecule has 1 saturated carbocycles. The molecule has 2 fully saturated rings. The summed E-state index contributed by atoms with van der Waals surface area (Å²) in [4.78, 5) is 35.4. The molecule has 0 bridgehead atoms. The van der Waals surface area contributed by atoms with Gasteiger partial charge in [-0.25, -0.2) is 19.2 Å². The first kappa shape index (κ1) is 20.7. The van der Waals surface area contributed by atoms with Gasteiger partial charge in [-0.3, -0.25) is 9.36 Å². The lowest BCUT2D eigenvalue weighted by Crippen LogP contribution is -2.31. The van der Waals surface area contributed by atoms with Crippen LogP contribution in [0, 0.1) is 17.7 Å². The predicted octanol–water partition coefficient (Wildman–Crippen LogP) is 3.45. The maximum atomic E-state index is 14.5. The second-order valence-electron chi connectivity index (χ2n) is 8.53. The zero-order valence-corrected chi connectivity index (χ0v) is 18.2. The maximum absolute atomic E-state index is 14.5. The highest BCUT2D eigenvalue weighted by atomic mass is 35.5. The van der Waals surface area contributed by atoms with Gasteiger partial charge in [-0.05, 0) is 49.4 Å². The monoisotopic (exact) mass is 457 g/mol. The van der Waals surface area contributed by atoms with E-state index in [2.05, 4.69) is 15.2 Å². The molecule has 1 aliphatic carbocycles. The summed E-state index contributed by atoms with van der Waals surface area (Å²) in [5.74, 6) is 0.0654. The van der Waals surface area contributed by atoms with Gasteiger partial charge in [-0.15, -0.1) is 0 Å². The van der Waals surface area contributed by atoms with Crippen molar-refractivity contribution in [2.24, 2.45) is 18.9 Å². The van der Waals surface area contributed by atoms with Crippen LogP contribution in [0.3, 0.4) is 0 Å². The van der Waals surface area contributed by atoms with Crippen molar-refractivity contribution in [1.82, 2.24) is 14.5 Å². The lowest BCUT2D eigenvalue weighted by molar-refractivity contribution is 0.0691. The van der Waals surface area contributed by atoms with Crippen molar-refractivity contribution in [1.29, 1.82) is 0 Å². The van der Waals surface area contributed by atoms with E-state index in [4.69, 9.17) is 16.6 Å². The molecule has 2 N–H and O–H groups in total. The Hall–Kier alpha value is -3.20. The zero-order valence-electron chi connectivity index (χ0n) is 17.5. The fraction of sp³-hybridized carbons (Fsp3) is 0.364. The van der Waals surface area contributed by atoms with Gasteiger partial charge in [-0.2, -0.15) is 0 Å². The van der Waals surface area contributed by atoms with Crippen LogP contribution in [-0.2, 0) is 7.05 Å². The molecule has 3 heterocycles.